The van der Waals surface area contributed by atoms with Crippen LogP contribution in [0.3, 0.4) is 0 Å². The molecule has 1 amide bonds. The standard InChI is InChI=1S/C19H20F2N2O2/c1-11(14-7-8-17(20)18(21)10-14)22-12(2)19(25)23-16-6-4-5-15(9-16)13(3)24/h4-12,22H,1-3H3,(H,23,25)/p+1/t11-,12-/m0/s1. The van der Waals surface area contributed by atoms with Crippen LogP contribution in [0, 0.1) is 11.6 Å². The van der Waals surface area contributed by atoms with E-state index in [0.717, 1.165) is 12.1 Å². The molecular formula is C19H21F2N2O2+. The van der Waals surface area contributed by atoms with Gasteiger partial charge in [-0.05, 0) is 51.1 Å². The van der Waals surface area contributed by atoms with E-state index in [-0.39, 0.29) is 17.7 Å². The first-order valence-electron chi connectivity index (χ1n) is 7.99. The fourth-order valence-electron chi connectivity index (χ4n) is 2.50. The Morgan fingerprint density at radius 2 is 1.76 bits per heavy atom. The zero-order valence-electron chi connectivity index (χ0n) is 14.3. The van der Waals surface area contributed by atoms with Crippen molar-refractivity contribution in [1.82, 2.24) is 0 Å². The van der Waals surface area contributed by atoms with Gasteiger partial charge in [-0.2, -0.15) is 0 Å². The van der Waals surface area contributed by atoms with Gasteiger partial charge in [-0.3, -0.25) is 9.59 Å². The first-order valence-corrected chi connectivity index (χ1v) is 7.99. The molecule has 0 radical (unpaired) electrons. The van der Waals surface area contributed by atoms with Gasteiger partial charge in [-0.25, -0.2) is 8.78 Å². The normalized spacial score (nSPS) is 13.2. The Morgan fingerprint density at radius 1 is 1.04 bits per heavy atom. The molecule has 3 N–H and O–H groups in total. The third-order valence-corrected chi connectivity index (χ3v) is 4.00. The first kappa shape index (κ1) is 18.7. The molecule has 0 aromatic heterocycles. The van der Waals surface area contributed by atoms with Crippen molar-refractivity contribution in [2.24, 2.45) is 0 Å². The van der Waals surface area contributed by atoms with Crippen molar-refractivity contribution in [3.8, 4) is 0 Å². The number of halogens is 2. The molecule has 0 saturated heterocycles. The molecule has 0 spiro atoms. The van der Waals surface area contributed by atoms with Gasteiger partial charge in [0.1, 0.15) is 6.04 Å². The summed E-state index contributed by atoms with van der Waals surface area (Å²) in [6, 6.07) is 9.74. The summed E-state index contributed by atoms with van der Waals surface area (Å²) in [5, 5.41) is 4.52. The summed E-state index contributed by atoms with van der Waals surface area (Å²) < 4.78 is 26.3. The largest absolute Gasteiger partial charge is 0.330 e. The lowest BCUT2D eigenvalue weighted by Gasteiger charge is -2.17. The van der Waals surface area contributed by atoms with Gasteiger partial charge in [0, 0.05) is 16.8 Å². The molecule has 2 aromatic rings. The van der Waals surface area contributed by atoms with Crippen LogP contribution in [0.5, 0.6) is 0 Å². The second-order valence-corrected chi connectivity index (χ2v) is 6.07. The second-order valence-electron chi connectivity index (χ2n) is 6.07. The number of carbonyl (C=O) groups is 2. The monoisotopic (exact) mass is 347 g/mol. The SMILES string of the molecule is CC(=O)c1cccc(NC(=O)[C@H](C)[NH2+][C@@H](C)c2ccc(F)c(F)c2)c1. The molecule has 0 unspecified atom stereocenters. The zero-order valence-corrected chi connectivity index (χ0v) is 14.3. The van der Waals surface area contributed by atoms with Gasteiger partial charge in [0.05, 0.1) is 0 Å². The Labute approximate surface area is 145 Å². The predicted molar refractivity (Wildman–Crippen MR) is 91.2 cm³/mol. The number of amides is 1. The fraction of sp³-hybridized carbons (Fsp3) is 0.263. The van der Waals surface area contributed by atoms with Gasteiger partial charge in [-0.1, -0.05) is 12.1 Å². The lowest BCUT2D eigenvalue weighted by Crippen LogP contribution is -2.91. The Bertz CT molecular complexity index is 793. The Balaban J connectivity index is 2.01. The van der Waals surface area contributed by atoms with Crippen molar-refractivity contribution in [3.05, 3.63) is 65.2 Å². The van der Waals surface area contributed by atoms with Gasteiger partial charge in [0.15, 0.2) is 23.5 Å². The van der Waals surface area contributed by atoms with E-state index in [4.69, 9.17) is 0 Å². The van der Waals surface area contributed by atoms with Crippen molar-refractivity contribution in [2.75, 3.05) is 5.32 Å². The minimum absolute atomic E-state index is 0.0809. The van der Waals surface area contributed by atoms with Crippen LogP contribution in [-0.2, 0) is 4.79 Å². The van der Waals surface area contributed by atoms with Crippen molar-refractivity contribution in [1.29, 1.82) is 0 Å². The number of hydrogen-bond donors (Lipinski definition) is 2. The maximum Gasteiger partial charge on any atom is 0.282 e. The lowest BCUT2D eigenvalue weighted by atomic mass is 10.1. The second kappa shape index (κ2) is 7.98. The molecule has 2 rings (SSSR count). The van der Waals surface area contributed by atoms with Gasteiger partial charge in [-0.15, -0.1) is 0 Å². The van der Waals surface area contributed by atoms with E-state index in [0.29, 0.717) is 16.8 Å². The highest BCUT2D eigenvalue weighted by Crippen LogP contribution is 2.14. The predicted octanol–water partition coefficient (Wildman–Crippen LogP) is 2.82. The highest BCUT2D eigenvalue weighted by atomic mass is 19.2. The van der Waals surface area contributed by atoms with Crippen LogP contribution in [0.25, 0.3) is 0 Å². The van der Waals surface area contributed by atoms with Crippen LogP contribution in [0.1, 0.15) is 42.7 Å². The summed E-state index contributed by atoms with van der Waals surface area (Å²) >= 11 is 0. The summed E-state index contributed by atoms with van der Waals surface area (Å²) in [5.41, 5.74) is 1.65. The van der Waals surface area contributed by atoms with Crippen LogP contribution in [0.4, 0.5) is 14.5 Å². The highest BCUT2D eigenvalue weighted by Gasteiger charge is 2.21. The molecule has 0 fully saturated rings. The molecule has 132 valence electrons. The fourth-order valence-corrected chi connectivity index (χ4v) is 2.50. The molecule has 25 heavy (non-hydrogen) atoms. The molecular weight excluding hydrogens is 326 g/mol. The van der Waals surface area contributed by atoms with E-state index in [9.17, 15) is 18.4 Å². The number of Topliss-reactive ketones (excluding diaryl/α,β-unsaturated/α-hetero) is 1. The smallest absolute Gasteiger partial charge is 0.282 e. The van der Waals surface area contributed by atoms with E-state index in [1.54, 1.807) is 36.5 Å². The van der Waals surface area contributed by atoms with E-state index >= 15 is 0 Å². The topological polar surface area (TPSA) is 62.8 Å². The molecule has 0 bridgehead atoms. The summed E-state index contributed by atoms with van der Waals surface area (Å²) in [4.78, 5) is 23.7. The van der Waals surface area contributed by atoms with Crippen molar-refractivity contribution in [3.63, 3.8) is 0 Å². The van der Waals surface area contributed by atoms with Crippen LogP contribution in [0.2, 0.25) is 0 Å². The Hall–Kier alpha value is -2.60. The minimum atomic E-state index is -0.907. The number of benzene rings is 2. The molecule has 6 heteroatoms. The number of rotatable bonds is 6. The maximum atomic E-state index is 13.3. The third kappa shape index (κ3) is 4.93. The summed E-state index contributed by atoms with van der Waals surface area (Å²) in [6.07, 6.45) is 0. The zero-order chi connectivity index (χ0) is 18.6. The number of hydrogen-bond acceptors (Lipinski definition) is 2. The molecule has 0 heterocycles. The summed E-state index contributed by atoms with van der Waals surface area (Å²) in [7, 11) is 0. The Morgan fingerprint density at radius 3 is 2.40 bits per heavy atom. The summed E-state index contributed by atoms with van der Waals surface area (Å²) in [6.45, 7) is 4.99. The molecule has 4 nitrogen and oxygen atoms in total. The van der Waals surface area contributed by atoms with Gasteiger partial charge >= 0.3 is 0 Å². The number of quaternary nitrogens is 1. The van der Waals surface area contributed by atoms with Crippen LogP contribution < -0.4 is 10.6 Å². The van der Waals surface area contributed by atoms with Crippen molar-refractivity contribution in [2.45, 2.75) is 32.9 Å². The van der Waals surface area contributed by atoms with Crippen molar-refractivity contribution >= 4 is 17.4 Å². The number of anilines is 1. The number of nitrogens with two attached hydrogens (primary N) is 1. The third-order valence-electron chi connectivity index (χ3n) is 4.00. The van der Waals surface area contributed by atoms with Gasteiger partial charge in [0.2, 0.25) is 0 Å². The molecule has 0 aliphatic carbocycles. The first-order chi connectivity index (χ1) is 11.8. The number of carbonyl (C=O) groups excluding carboxylic acids is 2. The molecule has 0 aliphatic rings. The van der Waals surface area contributed by atoms with Gasteiger partial charge in [0.25, 0.3) is 5.91 Å². The number of nitrogens with one attached hydrogen (secondary N) is 1. The molecule has 0 saturated carbocycles. The average Bonchev–Trinajstić information content (AvgIpc) is 2.57. The quantitative estimate of drug-likeness (QED) is 0.790. The van der Waals surface area contributed by atoms with E-state index in [1.165, 1.54) is 13.0 Å². The average molecular weight is 347 g/mol. The molecule has 2 atom stereocenters. The van der Waals surface area contributed by atoms with E-state index < -0.39 is 17.7 Å². The van der Waals surface area contributed by atoms with E-state index in [2.05, 4.69) is 5.32 Å². The summed E-state index contributed by atoms with van der Waals surface area (Å²) in [5.74, 6) is -2.12. The highest BCUT2D eigenvalue weighted by molar-refractivity contribution is 5.97. The molecule has 0 aliphatic heterocycles. The molecule has 2 aromatic carbocycles. The minimum Gasteiger partial charge on any atom is -0.330 e. The van der Waals surface area contributed by atoms with Crippen molar-refractivity contribution < 1.29 is 23.7 Å². The Kier molecular flexibility index (Phi) is 5.98. The lowest BCUT2D eigenvalue weighted by molar-refractivity contribution is -0.709. The van der Waals surface area contributed by atoms with E-state index in [1.807, 2.05) is 6.92 Å². The maximum absolute atomic E-state index is 13.3. The number of ketones is 1. The van der Waals surface area contributed by atoms with Gasteiger partial charge < -0.3 is 10.6 Å². The van der Waals surface area contributed by atoms with Crippen LogP contribution in [0.15, 0.2) is 42.5 Å². The van der Waals surface area contributed by atoms with Crippen LogP contribution in [-0.4, -0.2) is 17.7 Å². The van der Waals surface area contributed by atoms with Crippen LogP contribution >= 0.6 is 0 Å².